The molecule has 2 fully saturated rings. The Labute approximate surface area is 84.1 Å². The van der Waals surface area contributed by atoms with Gasteiger partial charge in [-0.1, -0.05) is 42.2 Å². The highest BCUT2D eigenvalue weighted by atomic mass is 16.6. The Balaban J connectivity index is 1.66. The molecule has 3 rings (SSSR count). The second kappa shape index (κ2) is 3.15. The quantitative estimate of drug-likeness (QED) is 0.482. The molecule has 1 heterocycles. The maximum absolute atomic E-state index is 5.51. The molecule has 1 aromatic rings. The Morgan fingerprint density at radius 3 is 2.57 bits per heavy atom. The summed E-state index contributed by atoms with van der Waals surface area (Å²) in [6.07, 6.45) is 2.98. The summed E-state index contributed by atoms with van der Waals surface area (Å²) in [7, 11) is 0. The Morgan fingerprint density at radius 1 is 1.07 bits per heavy atom. The van der Waals surface area contributed by atoms with Gasteiger partial charge in [0.05, 0.1) is 0 Å². The lowest BCUT2D eigenvalue weighted by atomic mass is 10.1. The molecule has 0 unspecified atom stereocenters. The maximum atomic E-state index is 5.51. The van der Waals surface area contributed by atoms with E-state index in [-0.39, 0.29) is 12.2 Å². The van der Waals surface area contributed by atoms with Crippen molar-refractivity contribution >= 4 is 0 Å². The first-order valence-corrected chi connectivity index (χ1v) is 5.15. The fraction of sp³-hybridized carbons (Fsp3) is 0.385. The zero-order valence-electron chi connectivity index (χ0n) is 7.94. The zero-order valence-corrected chi connectivity index (χ0v) is 7.94. The van der Waals surface area contributed by atoms with Gasteiger partial charge in [0.2, 0.25) is 0 Å². The standard InChI is InChI=1S/C13H12O/c1-2-4-11(5-3-1)13-12(14-13)9-8-10-6-7-10/h1-5,10,12-13H,6-7H2/t12-,13+/m1/s1. The largest absolute Gasteiger partial charge is 0.351 e. The van der Waals surface area contributed by atoms with Crippen LogP contribution in [0.4, 0.5) is 0 Å². The molecule has 2 aliphatic rings. The second-order valence-electron chi connectivity index (χ2n) is 3.95. The van der Waals surface area contributed by atoms with Gasteiger partial charge < -0.3 is 4.74 Å². The molecule has 0 N–H and O–H groups in total. The molecular weight excluding hydrogens is 172 g/mol. The number of epoxide rings is 1. The molecule has 2 atom stereocenters. The van der Waals surface area contributed by atoms with Crippen LogP contribution in [-0.2, 0) is 4.74 Å². The summed E-state index contributed by atoms with van der Waals surface area (Å²) in [5.41, 5.74) is 1.25. The molecular formula is C13H12O. The topological polar surface area (TPSA) is 12.5 Å². The van der Waals surface area contributed by atoms with E-state index in [0.29, 0.717) is 5.92 Å². The van der Waals surface area contributed by atoms with Crippen LogP contribution in [0.1, 0.15) is 24.5 Å². The van der Waals surface area contributed by atoms with Crippen molar-refractivity contribution in [2.75, 3.05) is 0 Å². The van der Waals surface area contributed by atoms with Crippen LogP contribution in [-0.4, -0.2) is 6.10 Å². The third-order valence-corrected chi connectivity index (χ3v) is 2.63. The van der Waals surface area contributed by atoms with Gasteiger partial charge in [0.25, 0.3) is 0 Å². The van der Waals surface area contributed by atoms with Gasteiger partial charge in [0, 0.05) is 5.92 Å². The number of ether oxygens (including phenoxy) is 1. The van der Waals surface area contributed by atoms with Gasteiger partial charge in [-0.15, -0.1) is 0 Å². The molecule has 1 aromatic carbocycles. The highest BCUT2D eigenvalue weighted by Gasteiger charge is 2.38. The van der Waals surface area contributed by atoms with Crippen molar-refractivity contribution in [2.24, 2.45) is 5.92 Å². The van der Waals surface area contributed by atoms with Crippen LogP contribution in [0.15, 0.2) is 30.3 Å². The minimum Gasteiger partial charge on any atom is -0.351 e. The van der Waals surface area contributed by atoms with E-state index >= 15 is 0 Å². The van der Waals surface area contributed by atoms with Gasteiger partial charge in [0.1, 0.15) is 12.2 Å². The molecule has 1 saturated carbocycles. The summed E-state index contributed by atoms with van der Waals surface area (Å²) in [4.78, 5) is 0. The van der Waals surface area contributed by atoms with Crippen molar-refractivity contribution in [2.45, 2.75) is 25.0 Å². The van der Waals surface area contributed by atoms with Crippen LogP contribution >= 0.6 is 0 Å². The Morgan fingerprint density at radius 2 is 1.86 bits per heavy atom. The fourth-order valence-corrected chi connectivity index (χ4v) is 1.55. The summed E-state index contributed by atoms with van der Waals surface area (Å²) in [6.45, 7) is 0. The van der Waals surface area contributed by atoms with E-state index in [4.69, 9.17) is 4.74 Å². The monoisotopic (exact) mass is 184 g/mol. The van der Waals surface area contributed by atoms with Crippen LogP contribution in [0.25, 0.3) is 0 Å². The van der Waals surface area contributed by atoms with Crippen LogP contribution in [0.5, 0.6) is 0 Å². The lowest BCUT2D eigenvalue weighted by Gasteiger charge is -1.90. The molecule has 0 spiro atoms. The number of hydrogen-bond donors (Lipinski definition) is 0. The van der Waals surface area contributed by atoms with Gasteiger partial charge >= 0.3 is 0 Å². The molecule has 1 aliphatic carbocycles. The van der Waals surface area contributed by atoms with E-state index in [9.17, 15) is 0 Å². The number of hydrogen-bond acceptors (Lipinski definition) is 1. The number of benzene rings is 1. The average Bonchev–Trinajstić information content (AvgIpc) is 3.12. The van der Waals surface area contributed by atoms with E-state index in [2.05, 4.69) is 24.0 Å². The first kappa shape index (κ1) is 8.08. The Hall–Kier alpha value is -1.26. The zero-order chi connectivity index (χ0) is 9.38. The molecule has 0 radical (unpaired) electrons. The lowest BCUT2D eigenvalue weighted by molar-refractivity contribution is 0.397. The Kier molecular flexibility index (Phi) is 1.82. The van der Waals surface area contributed by atoms with Gasteiger partial charge in [-0.05, 0) is 18.4 Å². The summed E-state index contributed by atoms with van der Waals surface area (Å²) in [5, 5.41) is 0. The van der Waals surface area contributed by atoms with Gasteiger partial charge in [0.15, 0.2) is 0 Å². The highest BCUT2D eigenvalue weighted by Crippen LogP contribution is 2.38. The first-order chi connectivity index (χ1) is 6.93. The molecule has 1 aliphatic heterocycles. The van der Waals surface area contributed by atoms with Gasteiger partial charge in [-0.3, -0.25) is 0 Å². The van der Waals surface area contributed by atoms with Crippen LogP contribution < -0.4 is 0 Å². The van der Waals surface area contributed by atoms with Crippen molar-refractivity contribution in [3.63, 3.8) is 0 Å². The molecule has 1 heteroatoms. The maximum Gasteiger partial charge on any atom is 0.149 e. The van der Waals surface area contributed by atoms with E-state index in [1.165, 1.54) is 18.4 Å². The second-order valence-corrected chi connectivity index (χ2v) is 3.95. The number of rotatable bonds is 1. The fourth-order valence-electron chi connectivity index (χ4n) is 1.55. The van der Waals surface area contributed by atoms with Crippen molar-refractivity contribution in [3.8, 4) is 11.8 Å². The van der Waals surface area contributed by atoms with Crippen molar-refractivity contribution in [1.82, 2.24) is 0 Å². The average molecular weight is 184 g/mol. The van der Waals surface area contributed by atoms with Crippen molar-refractivity contribution in [3.05, 3.63) is 35.9 Å². The summed E-state index contributed by atoms with van der Waals surface area (Å²) >= 11 is 0. The lowest BCUT2D eigenvalue weighted by Crippen LogP contribution is -1.84. The third-order valence-electron chi connectivity index (χ3n) is 2.63. The molecule has 0 bridgehead atoms. The smallest absolute Gasteiger partial charge is 0.149 e. The SMILES string of the molecule is C(#C[C@H]1O[C@H]1c1ccccc1)C1CC1. The van der Waals surface area contributed by atoms with Crippen molar-refractivity contribution in [1.29, 1.82) is 0 Å². The Bertz CT molecular complexity index is 381. The molecule has 0 amide bonds. The van der Waals surface area contributed by atoms with Crippen LogP contribution in [0.3, 0.4) is 0 Å². The predicted molar refractivity (Wildman–Crippen MR) is 54.6 cm³/mol. The van der Waals surface area contributed by atoms with E-state index in [1.54, 1.807) is 0 Å². The molecule has 70 valence electrons. The minimum absolute atomic E-state index is 0.165. The van der Waals surface area contributed by atoms with Crippen LogP contribution in [0.2, 0.25) is 0 Å². The summed E-state index contributed by atoms with van der Waals surface area (Å²) in [6, 6.07) is 10.3. The van der Waals surface area contributed by atoms with E-state index in [1.807, 2.05) is 18.2 Å². The first-order valence-electron chi connectivity index (χ1n) is 5.15. The molecule has 1 saturated heterocycles. The molecule has 0 aromatic heterocycles. The van der Waals surface area contributed by atoms with Crippen molar-refractivity contribution < 1.29 is 4.74 Å². The molecule has 1 nitrogen and oxygen atoms in total. The third kappa shape index (κ3) is 1.66. The highest BCUT2D eigenvalue weighted by molar-refractivity contribution is 5.28. The van der Waals surface area contributed by atoms with Crippen LogP contribution in [0, 0.1) is 17.8 Å². The minimum atomic E-state index is 0.165. The molecule has 14 heavy (non-hydrogen) atoms. The van der Waals surface area contributed by atoms with Gasteiger partial charge in [-0.25, -0.2) is 0 Å². The summed E-state index contributed by atoms with van der Waals surface area (Å²) in [5.74, 6) is 7.11. The van der Waals surface area contributed by atoms with Gasteiger partial charge in [-0.2, -0.15) is 0 Å². The summed E-state index contributed by atoms with van der Waals surface area (Å²) < 4.78 is 5.51. The van der Waals surface area contributed by atoms with E-state index in [0.717, 1.165) is 0 Å². The normalized spacial score (nSPS) is 29.1. The predicted octanol–water partition coefficient (Wildman–Crippen LogP) is 2.54. The van der Waals surface area contributed by atoms with E-state index < -0.39 is 0 Å².